The number of hydrogen-bond donors (Lipinski definition) is 0. The van der Waals surface area contributed by atoms with E-state index in [1.165, 1.54) is 61.1 Å². The fraction of sp³-hybridized carbons (Fsp3) is 0.875. The normalized spacial score (nSPS) is 13.3. The van der Waals surface area contributed by atoms with E-state index in [9.17, 15) is 0 Å². The Hall–Kier alpha value is 0.226. The van der Waals surface area contributed by atoms with Crippen molar-refractivity contribution in [3.05, 3.63) is 6.20 Å². The van der Waals surface area contributed by atoms with Gasteiger partial charge in [-0.05, 0) is 0 Å². The molecule has 0 aromatic carbocycles. The van der Waals surface area contributed by atoms with Crippen LogP contribution < -0.4 is 9.29 Å². The molecule has 0 saturated carbocycles. The van der Waals surface area contributed by atoms with Crippen LogP contribution in [0.2, 0.25) is 29.9 Å². The predicted octanol–water partition coefficient (Wildman–Crippen LogP) is 7.62. The van der Waals surface area contributed by atoms with Crippen molar-refractivity contribution in [2.45, 2.75) is 131 Å². The number of aromatic nitrogens is 1. The zero-order chi connectivity index (χ0) is 21.4. The van der Waals surface area contributed by atoms with Crippen molar-refractivity contribution >= 4 is 35.7 Å². The summed E-state index contributed by atoms with van der Waals surface area (Å²) in [5.41, 5.74) is 3.15. The molecule has 164 valence electrons. The number of oxazole rings is 1. The molecule has 0 saturated heterocycles. The Labute approximate surface area is 181 Å². The van der Waals surface area contributed by atoms with Gasteiger partial charge in [0.15, 0.2) is 0 Å². The summed E-state index contributed by atoms with van der Waals surface area (Å²) >= 11 is -2.52. The van der Waals surface area contributed by atoms with E-state index in [0.29, 0.717) is 16.6 Å². The van der Waals surface area contributed by atoms with Crippen molar-refractivity contribution in [2.75, 3.05) is 0 Å². The third kappa shape index (κ3) is 5.68. The second-order valence-electron chi connectivity index (χ2n) is 10.0. The minimum absolute atomic E-state index is 0.658. The van der Waals surface area contributed by atoms with Crippen LogP contribution in [-0.2, 0) is 0 Å². The molecule has 0 radical (unpaired) electrons. The van der Waals surface area contributed by atoms with Crippen LogP contribution in [0.25, 0.3) is 0 Å². The van der Waals surface area contributed by atoms with Gasteiger partial charge in [-0.2, -0.15) is 0 Å². The molecule has 1 aromatic heterocycles. The Balaban J connectivity index is 3.46. The van der Waals surface area contributed by atoms with Gasteiger partial charge in [-0.15, -0.1) is 0 Å². The molecular formula is C24H49NOSiSn. The quantitative estimate of drug-likeness (QED) is 0.239. The first-order chi connectivity index (χ1) is 13.2. The molecule has 0 aliphatic heterocycles. The van der Waals surface area contributed by atoms with Crippen LogP contribution >= 0.6 is 0 Å². The van der Waals surface area contributed by atoms with Crippen LogP contribution in [0.15, 0.2) is 10.6 Å². The maximum atomic E-state index is 6.93. The van der Waals surface area contributed by atoms with Crippen LogP contribution in [0.3, 0.4) is 0 Å². The molecule has 28 heavy (non-hydrogen) atoms. The minimum atomic E-state index is -2.52. The van der Waals surface area contributed by atoms with Gasteiger partial charge in [0.05, 0.1) is 0 Å². The summed E-state index contributed by atoms with van der Waals surface area (Å²) in [4.78, 5) is 5.09. The van der Waals surface area contributed by atoms with Crippen molar-refractivity contribution in [1.82, 2.24) is 4.98 Å². The summed E-state index contributed by atoms with van der Waals surface area (Å²) in [7, 11) is -1.80. The number of rotatable bonds is 14. The van der Waals surface area contributed by atoms with Gasteiger partial charge in [-0.3, -0.25) is 0 Å². The summed E-state index contributed by atoms with van der Waals surface area (Å²) in [6, 6.07) is 0. The SMILES string of the molecule is CCC[CH2][Sn]([CH2]CCC)([CH2]CCC)[c]1cnc([Si](C(C)C)(C(C)C)C(C)C)o1. The third-order valence-corrected chi connectivity index (χ3v) is 28.9. The van der Waals surface area contributed by atoms with E-state index in [4.69, 9.17) is 9.40 Å². The average Bonchev–Trinajstić information content (AvgIpc) is 3.11. The molecule has 1 aromatic rings. The number of unbranched alkanes of at least 4 members (excludes halogenated alkanes) is 3. The second kappa shape index (κ2) is 12.2. The molecule has 0 unspecified atom stereocenters. The number of hydrogen-bond acceptors (Lipinski definition) is 2. The van der Waals surface area contributed by atoms with Gasteiger partial charge in [0.2, 0.25) is 0 Å². The fourth-order valence-electron chi connectivity index (χ4n) is 5.75. The van der Waals surface area contributed by atoms with Gasteiger partial charge in [-0.25, -0.2) is 0 Å². The number of nitrogens with zero attached hydrogens (tertiary/aromatic N) is 1. The van der Waals surface area contributed by atoms with Crippen molar-refractivity contribution in [1.29, 1.82) is 0 Å². The molecule has 0 amide bonds. The Kier molecular flexibility index (Phi) is 11.4. The van der Waals surface area contributed by atoms with E-state index in [1.807, 2.05) is 0 Å². The Morgan fingerprint density at radius 1 is 0.786 bits per heavy atom. The summed E-state index contributed by atoms with van der Waals surface area (Å²) in [5.74, 6) is 0. The Morgan fingerprint density at radius 3 is 1.50 bits per heavy atom. The third-order valence-electron chi connectivity index (χ3n) is 7.29. The van der Waals surface area contributed by atoms with Gasteiger partial charge in [0, 0.05) is 0 Å². The molecule has 1 heterocycles. The van der Waals surface area contributed by atoms with Crippen LogP contribution in [-0.4, -0.2) is 31.4 Å². The van der Waals surface area contributed by atoms with E-state index < -0.39 is 26.5 Å². The second-order valence-corrected chi connectivity index (χ2v) is 28.8. The molecule has 1 rings (SSSR count). The molecule has 4 heteroatoms. The van der Waals surface area contributed by atoms with Gasteiger partial charge in [-0.1, -0.05) is 0 Å². The van der Waals surface area contributed by atoms with E-state index in [2.05, 4.69) is 68.5 Å². The summed E-state index contributed by atoms with van der Waals surface area (Å²) < 4.78 is 12.7. The standard InChI is InChI=1S/C12H22NOSi.3C4H9.Sn/c1-9(2)15(10(3)4,11(5)6)12-13-7-8-14-12;3*1-3-4-2;/h7,9-11H,1-6H3;3*1,3-4H2,2H3;. The van der Waals surface area contributed by atoms with E-state index in [1.54, 1.807) is 0 Å². The zero-order valence-electron chi connectivity index (χ0n) is 20.5. The monoisotopic (exact) mass is 515 g/mol. The average molecular weight is 514 g/mol. The zero-order valence-corrected chi connectivity index (χ0v) is 24.4. The Morgan fingerprint density at radius 2 is 1.18 bits per heavy atom. The molecule has 0 fully saturated rings. The van der Waals surface area contributed by atoms with Crippen molar-refractivity contribution < 1.29 is 4.42 Å². The van der Waals surface area contributed by atoms with Crippen LogP contribution in [0.1, 0.15) is 101 Å². The first kappa shape index (κ1) is 26.3. The van der Waals surface area contributed by atoms with E-state index in [-0.39, 0.29) is 0 Å². The van der Waals surface area contributed by atoms with Crippen LogP contribution in [0.5, 0.6) is 0 Å². The molecule has 0 N–H and O–H groups in total. The van der Waals surface area contributed by atoms with Gasteiger partial charge >= 0.3 is 182 Å². The molecule has 2 nitrogen and oxygen atoms in total. The fourth-order valence-corrected chi connectivity index (χ4v) is 27.0. The predicted molar refractivity (Wildman–Crippen MR) is 132 cm³/mol. The van der Waals surface area contributed by atoms with Crippen LogP contribution in [0, 0.1) is 0 Å². The van der Waals surface area contributed by atoms with Gasteiger partial charge in [0.25, 0.3) is 0 Å². The van der Waals surface area contributed by atoms with Crippen molar-refractivity contribution in [3.8, 4) is 0 Å². The first-order valence-electron chi connectivity index (χ1n) is 12.2. The first-order valence-corrected chi connectivity index (χ1v) is 21.9. The van der Waals surface area contributed by atoms with E-state index >= 15 is 0 Å². The van der Waals surface area contributed by atoms with Crippen molar-refractivity contribution in [2.24, 2.45) is 0 Å². The summed E-state index contributed by atoms with van der Waals surface area (Å²) in [5, 5.41) is 0. The molecule has 0 aliphatic carbocycles. The van der Waals surface area contributed by atoms with Gasteiger partial charge < -0.3 is 0 Å². The van der Waals surface area contributed by atoms with Crippen LogP contribution in [0.4, 0.5) is 0 Å². The maximum absolute atomic E-state index is 6.93. The molecular weight excluding hydrogens is 465 g/mol. The van der Waals surface area contributed by atoms with E-state index in [0.717, 1.165) is 0 Å². The molecule has 0 bridgehead atoms. The van der Waals surface area contributed by atoms with Crippen molar-refractivity contribution in [3.63, 3.8) is 0 Å². The molecule has 0 aliphatic rings. The molecule has 0 atom stereocenters. The Bertz CT molecular complexity index is 509. The topological polar surface area (TPSA) is 26.0 Å². The molecule has 0 spiro atoms. The van der Waals surface area contributed by atoms with Gasteiger partial charge in [0.1, 0.15) is 0 Å². The summed E-state index contributed by atoms with van der Waals surface area (Å²) in [6.07, 6.45) is 10.3. The summed E-state index contributed by atoms with van der Waals surface area (Å²) in [6.45, 7) is 21.5.